The molecule has 0 spiro atoms. The van der Waals surface area contributed by atoms with Crippen molar-refractivity contribution in [3.05, 3.63) is 52.4 Å². The zero-order chi connectivity index (χ0) is 14.2. The standard InChI is InChI=1S/C15H15NO3/c1-8-4-9(2)15(10(3)5-8)16-11-6-13(18)14(19)7-12(11)17/h4-7,16-17H,1-3H3. The minimum Gasteiger partial charge on any atom is -0.506 e. The van der Waals surface area contributed by atoms with Gasteiger partial charge in [-0.1, -0.05) is 17.7 Å². The maximum absolute atomic E-state index is 11.3. The van der Waals surface area contributed by atoms with Crippen LogP contribution in [0, 0.1) is 20.8 Å². The van der Waals surface area contributed by atoms with Crippen LogP contribution in [0.4, 0.5) is 5.69 Å². The summed E-state index contributed by atoms with van der Waals surface area (Å²) in [4.78, 5) is 22.5. The predicted octanol–water partition coefficient (Wildman–Crippen LogP) is 2.50. The van der Waals surface area contributed by atoms with Crippen molar-refractivity contribution in [2.75, 3.05) is 5.32 Å². The summed E-state index contributed by atoms with van der Waals surface area (Å²) in [5.74, 6) is -1.56. The molecule has 0 fully saturated rings. The monoisotopic (exact) mass is 257 g/mol. The highest BCUT2D eigenvalue weighted by atomic mass is 16.3. The molecule has 0 aliphatic heterocycles. The van der Waals surface area contributed by atoms with Crippen molar-refractivity contribution in [1.82, 2.24) is 0 Å². The normalized spacial score (nSPS) is 15.1. The number of aryl methyl sites for hydroxylation is 3. The third-order valence-corrected chi connectivity index (χ3v) is 3.00. The number of benzene rings is 1. The van der Waals surface area contributed by atoms with E-state index >= 15 is 0 Å². The Morgan fingerprint density at radius 3 is 2.05 bits per heavy atom. The summed E-state index contributed by atoms with van der Waals surface area (Å²) in [7, 11) is 0. The molecule has 0 bridgehead atoms. The van der Waals surface area contributed by atoms with Gasteiger partial charge in [-0.25, -0.2) is 0 Å². The fraction of sp³-hybridized carbons (Fsp3) is 0.200. The molecule has 1 aliphatic rings. The molecule has 0 radical (unpaired) electrons. The second kappa shape index (κ2) is 4.72. The van der Waals surface area contributed by atoms with Crippen LogP contribution in [0.2, 0.25) is 0 Å². The highest BCUT2D eigenvalue weighted by molar-refractivity contribution is 6.46. The van der Waals surface area contributed by atoms with Gasteiger partial charge >= 0.3 is 0 Å². The third kappa shape index (κ3) is 2.57. The van der Waals surface area contributed by atoms with E-state index in [0.29, 0.717) is 0 Å². The highest BCUT2D eigenvalue weighted by Crippen LogP contribution is 2.25. The maximum Gasteiger partial charge on any atom is 0.229 e. The van der Waals surface area contributed by atoms with Gasteiger partial charge in [-0.2, -0.15) is 0 Å². The molecule has 19 heavy (non-hydrogen) atoms. The molecule has 0 heterocycles. The lowest BCUT2D eigenvalue weighted by molar-refractivity contribution is -0.131. The zero-order valence-corrected chi connectivity index (χ0v) is 11.1. The lowest BCUT2D eigenvalue weighted by Crippen LogP contribution is -2.18. The molecule has 0 amide bonds. The Morgan fingerprint density at radius 2 is 1.47 bits per heavy atom. The summed E-state index contributed by atoms with van der Waals surface area (Å²) in [5, 5.41) is 12.7. The van der Waals surface area contributed by atoms with Crippen molar-refractivity contribution in [1.29, 1.82) is 0 Å². The Kier molecular flexibility index (Phi) is 3.25. The Balaban J connectivity index is 2.38. The van der Waals surface area contributed by atoms with E-state index in [4.69, 9.17) is 0 Å². The van der Waals surface area contributed by atoms with Crippen LogP contribution < -0.4 is 5.32 Å². The van der Waals surface area contributed by atoms with Gasteiger partial charge < -0.3 is 10.4 Å². The van der Waals surface area contributed by atoms with E-state index < -0.39 is 11.6 Å². The van der Waals surface area contributed by atoms with Crippen LogP contribution in [0.3, 0.4) is 0 Å². The van der Waals surface area contributed by atoms with Crippen LogP contribution in [0.25, 0.3) is 0 Å². The van der Waals surface area contributed by atoms with Crippen molar-refractivity contribution < 1.29 is 14.7 Å². The fourth-order valence-electron chi connectivity index (χ4n) is 2.16. The van der Waals surface area contributed by atoms with Crippen LogP contribution in [0.5, 0.6) is 0 Å². The van der Waals surface area contributed by atoms with Crippen molar-refractivity contribution in [3.8, 4) is 0 Å². The summed E-state index contributed by atoms with van der Waals surface area (Å²) in [6.45, 7) is 5.89. The first-order chi connectivity index (χ1) is 8.88. The largest absolute Gasteiger partial charge is 0.506 e. The number of allylic oxidation sites excluding steroid dienone is 2. The number of carbonyl (C=O) groups excluding carboxylic acids is 2. The average Bonchev–Trinajstić information content (AvgIpc) is 2.29. The molecule has 0 saturated carbocycles. The Labute approximate surface area is 111 Å². The zero-order valence-electron chi connectivity index (χ0n) is 11.1. The van der Waals surface area contributed by atoms with Gasteiger partial charge in [0.15, 0.2) is 0 Å². The number of ketones is 2. The van der Waals surface area contributed by atoms with Crippen molar-refractivity contribution in [2.45, 2.75) is 20.8 Å². The molecule has 2 N–H and O–H groups in total. The number of nitrogens with one attached hydrogen (secondary N) is 1. The van der Waals surface area contributed by atoms with E-state index in [-0.39, 0.29) is 11.5 Å². The molecule has 2 rings (SSSR count). The van der Waals surface area contributed by atoms with Crippen LogP contribution >= 0.6 is 0 Å². The molecule has 4 heteroatoms. The smallest absolute Gasteiger partial charge is 0.229 e. The fourth-order valence-corrected chi connectivity index (χ4v) is 2.16. The summed E-state index contributed by atoms with van der Waals surface area (Å²) in [6.07, 6.45) is 2.06. The van der Waals surface area contributed by atoms with Crippen LogP contribution in [0.1, 0.15) is 16.7 Å². The topological polar surface area (TPSA) is 66.4 Å². The van der Waals surface area contributed by atoms with Gasteiger partial charge in [-0.05, 0) is 31.9 Å². The molecule has 98 valence electrons. The average molecular weight is 257 g/mol. The van der Waals surface area contributed by atoms with Gasteiger partial charge in [0, 0.05) is 17.8 Å². The molecule has 0 aromatic heterocycles. The number of aliphatic hydroxyl groups excluding tert-OH is 1. The molecule has 0 unspecified atom stereocenters. The van der Waals surface area contributed by atoms with Gasteiger partial charge in [0.2, 0.25) is 11.6 Å². The van der Waals surface area contributed by atoms with Gasteiger partial charge in [-0.3, -0.25) is 9.59 Å². The van der Waals surface area contributed by atoms with Crippen LogP contribution in [-0.4, -0.2) is 16.7 Å². The summed E-state index contributed by atoms with van der Waals surface area (Å²) in [6, 6.07) is 4.01. The number of hydrogen-bond donors (Lipinski definition) is 2. The van der Waals surface area contributed by atoms with E-state index in [0.717, 1.165) is 34.5 Å². The predicted molar refractivity (Wildman–Crippen MR) is 73.1 cm³/mol. The molecule has 1 aromatic carbocycles. The quantitative estimate of drug-likeness (QED) is 0.631. The van der Waals surface area contributed by atoms with E-state index in [1.807, 2.05) is 32.9 Å². The lowest BCUT2D eigenvalue weighted by Gasteiger charge is -2.17. The number of aliphatic hydroxyl groups is 1. The first-order valence-electron chi connectivity index (χ1n) is 5.94. The van der Waals surface area contributed by atoms with E-state index in [2.05, 4.69) is 5.32 Å². The van der Waals surface area contributed by atoms with Crippen LogP contribution in [0.15, 0.2) is 35.7 Å². The maximum atomic E-state index is 11.3. The second-order valence-electron chi connectivity index (χ2n) is 4.71. The molecule has 0 atom stereocenters. The summed E-state index contributed by atoms with van der Waals surface area (Å²) >= 11 is 0. The van der Waals surface area contributed by atoms with Crippen molar-refractivity contribution >= 4 is 17.3 Å². The van der Waals surface area contributed by atoms with Gasteiger partial charge in [0.05, 0.1) is 5.70 Å². The molecule has 0 saturated heterocycles. The SMILES string of the molecule is Cc1cc(C)c(NC2=CC(=O)C(=O)C=C2O)c(C)c1. The lowest BCUT2D eigenvalue weighted by atomic mass is 10.0. The van der Waals surface area contributed by atoms with Gasteiger partial charge in [0.25, 0.3) is 0 Å². The first-order valence-corrected chi connectivity index (χ1v) is 5.94. The van der Waals surface area contributed by atoms with Crippen molar-refractivity contribution in [2.24, 2.45) is 0 Å². The van der Waals surface area contributed by atoms with E-state index in [1.54, 1.807) is 0 Å². The van der Waals surface area contributed by atoms with E-state index in [9.17, 15) is 14.7 Å². The first kappa shape index (κ1) is 13.1. The van der Waals surface area contributed by atoms with E-state index in [1.165, 1.54) is 0 Å². The number of carbonyl (C=O) groups is 2. The summed E-state index contributed by atoms with van der Waals surface area (Å²) in [5.41, 5.74) is 4.24. The molecule has 4 nitrogen and oxygen atoms in total. The molecule has 1 aliphatic carbocycles. The van der Waals surface area contributed by atoms with Crippen LogP contribution in [-0.2, 0) is 9.59 Å². The molecule has 1 aromatic rings. The number of rotatable bonds is 2. The van der Waals surface area contributed by atoms with Crippen molar-refractivity contribution in [3.63, 3.8) is 0 Å². The Bertz CT molecular complexity index is 616. The van der Waals surface area contributed by atoms with Gasteiger partial charge in [0.1, 0.15) is 5.76 Å². The second-order valence-corrected chi connectivity index (χ2v) is 4.71. The molecular weight excluding hydrogens is 242 g/mol. The third-order valence-electron chi connectivity index (χ3n) is 3.00. The Morgan fingerprint density at radius 1 is 0.947 bits per heavy atom. The number of anilines is 1. The summed E-state index contributed by atoms with van der Waals surface area (Å²) < 4.78 is 0. The Hall–Kier alpha value is -2.36. The van der Waals surface area contributed by atoms with Gasteiger partial charge in [-0.15, -0.1) is 0 Å². The highest BCUT2D eigenvalue weighted by Gasteiger charge is 2.20. The number of hydrogen-bond acceptors (Lipinski definition) is 4. The molecular formula is C15H15NO3. The minimum absolute atomic E-state index is 0.219. The minimum atomic E-state index is -0.708.